The van der Waals surface area contributed by atoms with E-state index in [1.165, 1.54) is 11.1 Å². The lowest BCUT2D eigenvalue weighted by molar-refractivity contribution is 0.638. The first kappa shape index (κ1) is 16.5. The third kappa shape index (κ3) is 4.87. The van der Waals surface area contributed by atoms with Gasteiger partial charge in [0.25, 0.3) is 0 Å². The molecule has 1 atom stereocenters. The lowest BCUT2D eigenvalue weighted by atomic mass is 10.0. The Hall–Kier alpha value is -1.51. The monoisotopic (exact) mass is 290 g/mol. The molecule has 2 rings (SSSR count). The highest BCUT2D eigenvalue weighted by Gasteiger charge is 2.04. The summed E-state index contributed by atoms with van der Waals surface area (Å²) in [6.45, 7) is 3.01. The Bertz CT molecular complexity index is 482. The van der Waals surface area contributed by atoms with Crippen LogP contribution in [0.25, 0.3) is 0 Å². The van der Waals surface area contributed by atoms with E-state index in [0.29, 0.717) is 0 Å². The second-order valence-electron chi connectivity index (χ2n) is 4.86. The Morgan fingerprint density at radius 2 is 1.65 bits per heavy atom. The van der Waals surface area contributed by atoms with Crippen molar-refractivity contribution in [2.24, 2.45) is 5.73 Å². The second kappa shape index (κ2) is 8.62. The first-order valence-electron chi connectivity index (χ1n) is 6.93. The summed E-state index contributed by atoms with van der Waals surface area (Å²) in [5, 5.41) is 3.42. The highest BCUT2D eigenvalue weighted by Crippen LogP contribution is 2.18. The summed E-state index contributed by atoms with van der Waals surface area (Å²) in [7, 11) is 0. The van der Waals surface area contributed by atoms with Gasteiger partial charge in [-0.2, -0.15) is 0 Å². The van der Waals surface area contributed by atoms with Crippen molar-refractivity contribution in [3.05, 3.63) is 65.7 Å². The van der Waals surface area contributed by atoms with E-state index in [1.807, 2.05) is 6.07 Å². The van der Waals surface area contributed by atoms with E-state index >= 15 is 0 Å². The van der Waals surface area contributed by atoms with Crippen molar-refractivity contribution in [3.8, 4) is 0 Å². The van der Waals surface area contributed by atoms with Crippen LogP contribution < -0.4 is 11.1 Å². The van der Waals surface area contributed by atoms with Gasteiger partial charge in [0.05, 0.1) is 0 Å². The molecule has 0 spiro atoms. The summed E-state index contributed by atoms with van der Waals surface area (Å²) >= 11 is 0. The molecule has 0 bridgehead atoms. The lowest BCUT2D eigenvalue weighted by Crippen LogP contribution is -2.09. The Labute approximate surface area is 127 Å². The first-order chi connectivity index (χ1) is 9.29. The van der Waals surface area contributed by atoms with Crippen molar-refractivity contribution < 1.29 is 0 Å². The third-order valence-electron chi connectivity index (χ3n) is 3.28. The van der Waals surface area contributed by atoms with Crippen molar-refractivity contribution in [2.75, 3.05) is 5.32 Å². The van der Waals surface area contributed by atoms with Crippen LogP contribution in [0.4, 0.5) is 5.69 Å². The van der Waals surface area contributed by atoms with Crippen molar-refractivity contribution in [3.63, 3.8) is 0 Å². The van der Waals surface area contributed by atoms with Gasteiger partial charge >= 0.3 is 0 Å². The number of nitrogens with one attached hydrogen (secondary N) is 1. The molecule has 0 saturated carbocycles. The molecule has 0 aliphatic heterocycles. The van der Waals surface area contributed by atoms with E-state index in [4.69, 9.17) is 5.73 Å². The molecule has 3 heteroatoms. The molecular formula is C17H23ClN2. The zero-order valence-electron chi connectivity index (χ0n) is 11.9. The van der Waals surface area contributed by atoms with Crippen LogP contribution in [0.1, 0.15) is 36.9 Å². The predicted molar refractivity (Wildman–Crippen MR) is 89.3 cm³/mol. The van der Waals surface area contributed by atoms with E-state index in [9.17, 15) is 0 Å². The summed E-state index contributed by atoms with van der Waals surface area (Å²) in [5.41, 5.74) is 9.74. The fourth-order valence-electron chi connectivity index (χ4n) is 2.13. The number of rotatable bonds is 6. The maximum atomic E-state index is 6.10. The smallest absolute Gasteiger partial charge is 0.0400 e. The maximum absolute atomic E-state index is 6.10. The van der Waals surface area contributed by atoms with Crippen LogP contribution in [-0.4, -0.2) is 0 Å². The minimum Gasteiger partial charge on any atom is -0.381 e. The van der Waals surface area contributed by atoms with Crippen molar-refractivity contribution >= 4 is 18.1 Å². The van der Waals surface area contributed by atoms with Crippen LogP contribution in [0.2, 0.25) is 0 Å². The Morgan fingerprint density at radius 1 is 1.00 bits per heavy atom. The normalized spacial score (nSPS) is 11.5. The molecule has 0 aromatic heterocycles. The zero-order valence-corrected chi connectivity index (χ0v) is 12.7. The number of hydrogen-bond acceptors (Lipinski definition) is 2. The van der Waals surface area contributed by atoms with Gasteiger partial charge in [-0.25, -0.2) is 0 Å². The molecule has 20 heavy (non-hydrogen) atoms. The molecule has 0 amide bonds. The van der Waals surface area contributed by atoms with Crippen LogP contribution >= 0.6 is 12.4 Å². The van der Waals surface area contributed by atoms with Crippen molar-refractivity contribution in [2.45, 2.75) is 32.4 Å². The average Bonchev–Trinajstić information content (AvgIpc) is 2.47. The summed E-state index contributed by atoms with van der Waals surface area (Å²) in [6.07, 6.45) is 2.16. The number of halogens is 1. The first-order valence-corrected chi connectivity index (χ1v) is 6.93. The highest BCUT2D eigenvalue weighted by molar-refractivity contribution is 5.85. The molecular weight excluding hydrogens is 268 g/mol. The number of hydrogen-bond donors (Lipinski definition) is 2. The molecule has 0 aliphatic carbocycles. The molecule has 0 saturated heterocycles. The molecule has 3 N–H and O–H groups in total. The summed E-state index contributed by atoms with van der Waals surface area (Å²) < 4.78 is 0. The number of benzene rings is 2. The molecule has 108 valence electrons. The van der Waals surface area contributed by atoms with Crippen molar-refractivity contribution in [1.29, 1.82) is 0 Å². The van der Waals surface area contributed by atoms with Crippen LogP contribution in [0, 0.1) is 0 Å². The van der Waals surface area contributed by atoms with Gasteiger partial charge in [0.1, 0.15) is 0 Å². The molecule has 0 aliphatic rings. The van der Waals surface area contributed by atoms with Gasteiger partial charge in [-0.15, -0.1) is 12.4 Å². The van der Waals surface area contributed by atoms with Gasteiger partial charge < -0.3 is 11.1 Å². The van der Waals surface area contributed by atoms with Crippen LogP contribution in [0.15, 0.2) is 54.6 Å². The molecule has 2 aromatic carbocycles. The zero-order chi connectivity index (χ0) is 13.5. The molecule has 0 unspecified atom stereocenters. The third-order valence-corrected chi connectivity index (χ3v) is 3.28. The Kier molecular flexibility index (Phi) is 7.13. The predicted octanol–water partition coefficient (Wildman–Crippen LogP) is 4.52. The van der Waals surface area contributed by atoms with Gasteiger partial charge in [-0.05, 0) is 29.7 Å². The maximum Gasteiger partial charge on any atom is 0.0400 e. The van der Waals surface area contributed by atoms with Gasteiger partial charge in [-0.1, -0.05) is 55.8 Å². The number of anilines is 1. The van der Waals surface area contributed by atoms with E-state index in [2.05, 4.69) is 60.8 Å². The quantitative estimate of drug-likeness (QED) is 0.821. The van der Waals surface area contributed by atoms with Crippen molar-refractivity contribution in [1.82, 2.24) is 0 Å². The average molecular weight is 291 g/mol. The summed E-state index contributed by atoms with van der Waals surface area (Å²) in [6, 6.07) is 19.0. The van der Waals surface area contributed by atoms with Crippen LogP contribution in [0.3, 0.4) is 0 Å². The topological polar surface area (TPSA) is 38.0 Å². The van der Waals surface area contributed by atoms with E-state index in [1.54, 1.807) is 0 Å². The minimum absolute atomic E-state index is 0. The van der Waals surface area contributed by atoms with Gasteiger partial charge in [0, 0.05) is 18.3 Å². The van der Waals surface area contributed by atoms with Crippen LogP contribution in [0.5, 0.6) is 0 Å². The van der Waals surface area contributed by atoms with Gasteiger partial charge in [0.2, 0.25) is 0 Å². The fourth-order valence-corrected chi connectivity index (χ4v) is 2.13. The largest absolute Gasteiger partial charge is 0.381 e. The fraction of sp³-hybridized carbons (Fsp3) is 0.294. The number of nitrogens with two attached hydrogens (primary N) is 1. The summed E-state index contributed by atoms with van der Waals surface area (Å²) in [4.78, 5) is 0. The molecule has 0 radical (unpaired) electrons. The SMILES string of the molecule is CCC[C@H](N)c1ccc(NCc2ccccc2)cc1.Cl. The molecule has 2 nitrogen and oxygen atoms in total. The summed E-state index contributed by atoms with van der Waals surface area (Å²) in [5.74, 6) is 0. The standard InChI is InChI=1S/C17H22N2.ClH/c1-2-6-17(18)15-9-11-16(12-10-15)19-13-14-7-4-3-5-8-14;/h3-5,7-12,17,19H,2,6,13,18H2,1H3;1H/t17-;/m0./s1. The minimum atomic E-state index is 0. The van der Waals surface area contributed by atoms with Crippen LogP contribution in [-0.2, 0) is 6.54 Å². The highest BCUT2D eigenvalue weighted by atomic mass is 35.5. The Morgan fingerprint density at radius 3 is 2.25 bits per heavy atom. The molecule has 2 aromatic rings. The van der Waals surface area contributed by atoms with Gasteiger partial charge in [0.15, 0.2) is 0 Å². The van der Waals surface area contributed by atoms with E-state index in [0.717, 1.165) is 25.1 Å². The Balaban J connectivity index is 0.00000200. The molecule has 0 heterocycles. The van der Waals surface area contributed by atoms with E-state index in [-0.39, 0.29) is 18.4 Å². The molecule has 0 fully saturated rings. The van der Waals surface area contributed by atoms with Gasteiger partial charge in [-0.3, -0.25) is 0 Å². The second-order valence-corrected chi connectivity index (χ2v) is 4.86. The van der Waals surface area contributed by atoms with E-state index < -0.39 is 0 Å². The lowest BCUT2D eigenvalue weighted by Gasteiger charge is -2.12.